The minimum absolute atomic E-state index is 0.294. The number of non-ortho nitro benzene ring substituents is 2. The summed E-state index contributed by atoms with van der Waals surface area (Å²) in [6.45, 7) is 0.592. The lowest BCUT2D eigenvalue weighted by Gasteiger charge is -2.51. The zero-order chi connectivity index (χ0) is 36.3. The molecule has 0 unspecified atom stereocenters. The van der Waals surface area contributed by atoms with E-state index in [1.165, 1.54) is 0 Å². The molecule has 0 bridgehead atoms. The van der Waals surface area contributed by atoms with E-state index in [1.807, 2.05) is 0 Å². The van der Waals surface area contributed by atoms with Crippen LogP contribution in [0, 0.1) is 20.2 Å². The molecule has 20 heteroatoms. The van der Waals surface area contributed by atoms with Crippen molar-refractivity contribution in [3.63, 3.8) is 0 Å². The van der Waals surface area contributed by atoms with Gasteiger partial charge >= 0.3 is 0 Å². The van der Waals surface area contributed by atoms with Gasteiger partial charge in [0.2, 0.25) is 5.91 Å². The van der Waals surface area contributed by atoms with Crippen LogP contribution in [0.25, 0.3) is 0 Å². The number of hydrogen-bond donors (Lipinski definition) is 1. The van der Waals surface area contributed by atoms with Crippen LogP contribution in [-0.2, 0) is 19.0 Å². The molecule has 16 nitrogen and oxygen atoms in total. The highest BCUT2D eigenvalue weighted by Crippen LogP contribution is 2.47. The van der Waals surface area contributed by atoms with Crippen molar-refractivity contribution in [2.45, 2.75) is 43.8 Å². The van der Waals surface area contributed by atoms with Crippen LogP contribution in [0.5, 0.6) is 0 Å². The molecule has 6 rings (SSSR count). The van der Waals surface area contributed by atoms with E-state index in [0.717, 1.165) is 6.92 Å². The van der Waals surface area contributed by atoms with Crippen molar-refractivity contribution in [2.24, 2.45) is 0 Å². The van der Waals surface area contributed by atoms with E-state index < -0.39 is 108 Å². The Balaban J connectivity index is 1.48. The van der Waals surface area contributed by atoms with Gasteiger partial charge in [0.25, 0.3) is 29.1 Å². The molecule has 3 aromatic carbocycles. The van der Waals surface area contributed by atoms with Crippen LogP contribution in [0.15, 0.2) is 48.5 Å². The molecule has 4 amide bonds. The maximum Gasteiger partial charge on any atom is 0.277 e. The lowest BCUT2D eigenvalue weighted by atomic mass is 9.92. The second kappa shape index (κ2) is 13.5. The van der Waals surface area contributed by atoms with Gasteiger partial charge in [0, 0.05) is 24.6 Å². The highest BCUT2D eigenvalue weighted by molar-refractivity contribution is 6.55. The van der Waals surface area contributed by atoms with Crippen molar-refractivity contribution < 1.29 is 48.3 Å². The Hall–Kier alpha value is -4.26. The van der Waals surface area contributed by atoms with Gasteiger partial charge in [-0.2, -0.15) is 0 Å². The second-order valence-electron chi connectivity index (χ2n) is 11.2. The lowest BCUT2D eigenvalue weighted by Crippen LogP contribution is -2.71. The largest absolute Gasteiger partial charge is 0.388 e. The molecule has 3 aliphatic heterocycles. The number of carbonyl (C=O) groups excluding carboxylic acids is 4. The number of nitro groups is 2. The number of aliphatic hydroxyl groups is 1. The number of amides is 4. The Kier molecular flexibility index (Phi) is 9.57. The number of nitro benzene ring substituents is 2. The third-order valence-electron chi connectivity index (χ3n) is 8.24. The second-order valence-corrected chi connectivity index (χ2v) is 12.7. The summed E-state index contributed by atoms with van der Waals surface area (Å²) in [5, 5.41) is 33.5. The first kappa shape index (κ1) is 35.6. The molecule has 0 aliphatic carbocycles. The average Bonchev–Trinajstić information content (AvgIpc) is 3.35. The van der Waals surface area contributed by atoms with Crippen molar-refractivity contribution in [2.75, 3.05) is 6.61 Å². The van der Waals surface area contributed by atoms with Crippen LogP contribution >= 0.6 is 46.4 Å². The van der Waals surface area contributed by atoms with E-state index in [1.54, 1.807) is 30.3 Å². The first-order valence-electron chi connectivity index (χ1n) is 14.3. The molecule has 0 radical (unpaired) electrons. The van der Waals surface area contributed by atoms with E-state index in [4.69, 9.17) is 60.6 Å². The van der Waals surface area contributed by atoms with Crippen LogP contribution in [0.3, 0.4) is 0 Å². The highest BCUT2D eigenvalue weighted by Gasteiger charge is 2.59. The van der Waals surface area contributed by atoms with Gasteiger partial charge in [-0.3, -0.25) is 44.3 Å². The molecular formula is C30H20Cl4N4O12. The first-order valence-corrected chi connectivity index (χ1v) is 15.8. The zero-order valence-electron chi connectivity index (χ0n) is 25.0. The number of carbonyl (C=O) groups is 4. The van der Waals surface area contributed by atoms with Crippen molar-refractivity contribution in [3.8, 4) is 0 Å². The van der Waals surface area contributed by atoms with Gasteiger partial charge in [-0.25, -0.2) is 4.90 Å². The quantitative estimate of drug-likeness (QED) is 0.116. The molecule has 50 heavy (non-hydrogen) atoms. The Morgan fingerprint density at radius 3 is 1.92 bits per heavy atom. The highest BCUT2D eigenvalue weighted by atomic mass is 35.5. The fourth-order valence-electron chi connectivity index (χ4n) is 6.01. The molecule has 6 atom stereocenters. The van der Waals surface area contributed by atoms with Crippen LogP contribution in [0.1, 0.15) is 49.9 Å². The van der Waals surface area contributed by atoms with Gasteiger partial charge in [-0.1, -0.05) is 76.7 Å². The van der Waals surface area contributed by atoms with Gasteiger partial charge in [-0.05, 0) is 0 Å². The average molecular weight is 770 g/mol. The summed E-state index contributed by atoms with van der Waals surface area (Å²) in [6.07, 6.45) is -7.63. The third-order valence-corrected chi connectivity index (χ3v) is 10.0. The van der Waals surface area contributed by atoms with Crippen molar-refractivity contribution in [1.29, 1.82) is 0 Å². The number of benzene rings is 3. The number of rotatable bonds is 6. The summed E-state index contributed by atoms with van der Waals surface area (Å²) in [4.78, 5) is 77.4. The number of imide groups is 2. The fraction of sp³-hybridized carbons (Fsp3) is 0.267. The molecule has 3 aliphatic rings. The maximum absolute atomic E-state index is 14.0. The molecule has 0 saturated carbocycles. The summed E-state index contributed by atoms with van der Waals surface area (Å²) in [7, 11) is 0. The minimum Gasteiger partial charge on any atom is -0.388 e. The Labute approximate surface area is 300 Å². The Bertz CT molecular complexity index is 1920. The molecule has 1 N–H and O–H groups in total. The molecule has 3 aromatic rings. The fourth-order valence-corrected chi connectivity index (χ4v) is 7.02. The molecule has 2 fully saturated rings. The van der Waals surface area contributed by atoms with Crippen molar-refractivity contribution in [3.05, 3.63) is 111 Å². The van der Waals surface area contributed by atoms with Gasteiger partial charge in [0.05, 0.1) is 59.3 Å². The zero-order valence-corrected chi connectivity index (χ0v) is 28.1. The Morgan fingerprint density at radius 2 is 1.42 bits per heavy atom. The van der Waals surface area contributed by atoms with Crippen LogP contribution in [0.2, 0.25) is 20.1 Å². The van der Waals surface area contributed by atoms with Gasteiger partial charge < -0.3 is 19.3 Å². The van der Waals surface area contributed by atoms with Crippen LogP contribution < -0.4 is 0 Å². The standard InChI is InChI=1S/C30H20Cl4N4O12/c1-11(39)35(26(41)13-7-14(37(44)45)9-15(8-13)38(46)47)29-23(36-27(42)17-18(28(36)43)20(32)22(34)21(33)19(17)31)24(40)25-16(49-29)10-48-30(50-25)12-5-3-2-4-6-12/h2-9,16,23-25,29-30,40H,10H2,1H3/t16-,23-,24-,25-,29-,30-/m1/s1. The van der Waals surface area contributed by atoms with E-state index in [0.29, 0.717) is 33.6 Å². The van der Waals surface area contributed by atoms with Gasteiger partial charge in [-0.15, -0.1) is 0 Å². The monoisotopic (exact) mass is 768 g/mol. The van der Waals surface area contributed by atoms with Gasteiger partial charge in [0.15, 0.2) is 12.5 Å². The molecule has 0 spiro atoms. The summed E-state index contributed by atoms with van der Waals surface area (Å²) in [5.74, 6) is -4.81. The summed E-state index contributed by atoms with van der Waals surface area (Å²) < 4.78 is 18.0. The number of aliphatic hydroxyl groups excluding tert-OH is 1. The van der Waals surface area contributed by atoms with E-state index in [-0.39, 0.29) is 16.7 Å². The third kappa shape index (κ3) is 5.86. The van der Waals surface area contributed by atoms with Crippen molar-refractivity contribution >= 4 is 81.4 Å². The number of fused-ring (bicyclic) bond motifs is 2. The Morgan fingerprint density at radius 1 is 0.880 bits per heavy atom. The number of ether oxygens (including phenoxy) is 3. The topological polar surface area (TPSA) is 209 Å². The summed E-state index contributed by atoms with van der Waals surface area (Å²) in [6, 6.07) is 8.52. The smallest absolute Gasteiger partial charge is 0.277 e. The van der Waals surface area contributed by atoms with Crippen LogP contribution in [0.4, 0.5) is 11.4 Å². The molecule has 0 aromatic heterocycles. The van der Waals surface area contributed by atoms with Crippen molar-refractivity contribution in [1.82, 2.24) is 9.80 Å². The lowest BCUT2D eigenvalue weighted by molar-refractivity contribution is -0.394. The number of halogens is 4. The van der Waals surface area contributed by atoms with E-state index in [9.17, 15) is 44.5 Å². The maximum atomic E-state index is 14.0. The number of hydrogen-bond acceptors (Lipinski definition) is 12. The molecule has 3 heterocycles. The van der Waals surface area contributed by atoms with E-state index >= 15 is 0 Å². The predicted octanol–water partition coefficient (Wildman–Crippen LogP) is 4.97. The molecular weight excluding hydrogens is 750 g/mol. The van der Waals surface area contributed by atoms with Crippen LogP contribution in [-0.4, -0.2) is 85.6 Å². The molecule has 2 saturated heterocycles. The first-order chi connectivity index (χ1) is 23.6. The number of nitrogens with zero attached hydrogens (tertiary/aromatic N) is 4. The molecule has 260 valence electrons. The minimum atomic E-state index is -2.04. The normalized spacial score (nSPS) is 24.4. The summed E-state index contributed by atoms with van der Waals surface area (Å²) in [5.41, 5.74) is -2.86. The van der Waals surface area contributed by atoms with Gasteiger partial charge in [0.1, 0.15) is 24.4 Å². The summed E-state index contributed by atoms with van der Waals surface area (Å²) >= 11 is 25.0. The van der Waals surface area contributed by atoms with E-state index in [2.05, 4.69) is 0 Å². The predicted molar refractivity (Wildman–Crippen MR) is 172 cm³/mol. The SMILES string of the molecule is CC(=O)N(C(=O)c1cc([N+](=O)[O-])cc([N+](=O)[O-])c1)[C@@H]1O[C@@H]2CO[C@@H](c3ccccc3)O[C@H]2[C@H](O)[C@H]1N1C(=O)c2c(Cl)c(Cl)c(Cl)c(Cl)c2C1=O.